The highest BCUT2D eigenvalue weighted by Gasteiger charge is 2.35. The smallest absolute Gasteiger partial charge is 0.319 e. The highest BCUT2D eigenvalue weighted by Crippen LogP contribution is 2.33. The molecule has 2 N–H and O–H groups in total. The van der Waals surface area contributed by atoms with Crippen LogP contribution in [-0.4, -0.2) is 19.4 Å². The van der Waals surface area contributed by atoms with Gasteiger partial charge in [-0.3, -0.25) is 4.68 Å². The first kappa shape index (κ1) is 17.5. The molecule has 0 aliphatic rings. The van der Waals surface area contributed by atoms with Crippen molar-refractivity contribution >= 4 is 11.5 Å². The highest BCUT2D eigenvalue weighted by molar-refractivity contribution is 7.05. The van der Waals surface area contributed by atoms with E-state index in [0.29, 0.717) is 16.1 Å². The number of aromatic nitrogens is 4. The van der Waals surface area contributed by atoms with Crippen molar-refractivity contribution in [1.29, 1.82) is 0 Å². The van der Waals surface area contributed by atoms with Crippen molar-refractivity contribution in [2.45, 2.75) is 19.1 Å². The zero-order valence-electron chi connectivity index (χ0n) is 13.2. The Morgan fingerprint density at radius 3 is 2.48 bits per heavy atom. The van der Waals surface area contributed by atoms with E-state index in [-0.39, 0.29) is 11.3 Å². The predicted octanol–water partition coefficient (Wildman–Crippen LogP) is 3.45. The number of aryl methyl sites for hydroxylation is 2. The molecule has 2 heterocycles. The topological polar surface area (TPSA) is 69.6 Å². The van der Waals surface area contributed by atoms with Crippen molar-refractivity contribution in [2.75, 3.05) is 0 Å². The molecule has 3 rings (SSSR count). The van der Waals surface area contributed by atoms with Gasteiger partial charge in [-0.05, 0) is 42.2 Å². The maximum atomic E-state index is 14.5. The third-order valence-corrected chi connectivity index (χ3v) is 4.68. The van der Waals surface area contributed by atoms with E-state index in [2.05, 4.69) is 14.7 Å². The lowest BCUT2D eigenvalue weighted by Gasteiger charge is -2.12. The number of halogens is 4. The quantitative estimate of drug-likeness (QED) is 0.716. The Labute approximate surface area is 144 Å². The van der Waals surface area contributed by atoms with E-state index in [9.17, 15) is 17.6 Å². The Morgan fingerprint density at radius 2 is 1.96 bits per heavy atom. The normalized spacial score (nSPS) is 13.2. The van der Waals surface area contributed by atoms with Crippen LogP contribution in [0.3, 0.4) is 0 Å². The second-order valence-corrected chi connectivity index (χ2v) is 6.26. The van der Waals surface area contributed by atoms with Gasteiger partial charge >= 0.3 is 6.18 Å². The summed E-state index contributed by atoms with van der Waals surface area (Å²) >= 11 is 1.12. The van der Waals surface area contributed by atoms with E-state index in [1.54, 1.807) is 13.0 Å². The van der Waals surface area contributed by atoms with Crippen LogP contribution in [0.2, 0.25) is 0 Å². The van der Waals surface area contributed by atoms with E-state index < -0.39 is 23.7 Å². The number of benzene rings is 1. The fraction of sp³-hybridized carbons (Fsp3) is 0.267. The average Bonchev–Trinajstić information content (AvgIpc) is 3.12. The molecule has 3 aromatic rings. The van der Waals surface area contributed by atoms with E-state index in [4.69, 9.17) is 5.73 Å². The van der Waals surface area contributed by atoms with Crippen LogP contribution in [0.15, 0.2) is 24.3 Å². The Hall–Kier alpha value is -2.33. The van der Waals surface area contributed by atoms with Crippen LogP contribution in [0.5, 0.6) is 0 Å². The second kappa shape index (κ2) is 6.19. The standard InChI is InChI=1S/C15H13F4N5S/c1-7-14(25-23-21-7)13(20)8-3-4-9(10(16)5-8)11-6-12(15(17,18)19)22-24(11)2/h3-6,13H,20H2,1-2H3. The Balaban J connectivity index is 1.98. The predicted molar refractivity (Wildman–Crippen MR) is 84.3 cm³/mol. The number of nitrogens with zero attached hydrogens (tertiary/aromatic N) is 4. The first-order valence-electron chi connectivity index (χ1n) is 7.14. The minimum atomic E-state index is -4.59. The summed E-state index contributed by atoms with van der Waals surface area (Å²) < 4.78 is 57.6. The van der Waals surface area contributed by atoms with E-state index in [1.807, 2.05) is 0 Å². The van der Waals surface area contributed by atoms with Gasteiger partial charge in [0.2, 0.25) is 0 Å². The van der Waals surface area contributed by atoms with Gasteiger partial charge in [0.1, 0.15) is 5.82 Å². The van der Waals surface area contributed by atoms with Crippen LogP contribution in [0.1, 0.15) is 27.9 Å². The van der Waals surface area contributed by atoms with Gasteiger partial charge in [-0.2, -0.15) is 18.3 Å². The molecule has 0 amide bonds. The number of hydrogen-bond acceptors (Lipinski definition) is 5. The van der Waals surface area contributed by atoms with Crippen LogP contribution in [0.25, 0.3) is 11.3 Å². The Bertz CT molecular complexity index is 915. The molecule has 0 fully saturated rings. The zero-order chi connectivity index (χ0) is 18.4. The molecule has 0 aliphatic heterocycles. The lowest BCUT2D eigenvalue weighted by atomic mass is 10.0. The molecule has 1 unspecified atom stereocenters. The molecule has 5 nitrogen and oxygen atoms in total. The maximum Gasteiger partial charge on any atom is 0.435 e. The molecule has 0 bridgehead atoms. The van der Waals surface area contributed by atoms with Crippen LogP contribution in [-0.2, 0) is 13.2 Å². The summed E-state index contributed by atoms with van der Waals surface area (Å²) in [7, 11) is 1.33. The van der Waals surface area contributed by atoms with Gasteiger partial charge in [-0.25, -0.2) is 4.39 Å². The van der Waals surface area contributed by atoms with Crippen LogP contribution in [0, 0.1) is 12.7 Å². The van der Waals surface area contributed by atoms with Crippen molar-refractivity contribution in [3.05, 3.63) is 51.9 Å². The molecule has 2 aromatic heterocycles. The molecule has 1 atom stereocenters. The number of nitrogens with two attached hydrogens (primary N) is 1. The maximum absolute atomic E-state index is 14.5. The van der Waals surface area contributed by atoms with E-state index in [1.165, 1.54) is 19.2 Å². The van der Waals surface area contributed by atoms with Crippen molar-refractivity contribution in [2.24, 2.45) is 12.8 Å². The van der Waals surface area contributed by atoms with Crippen LogP contribution >= 0.6 is 11.5 Å². The van der Waals surface area contributed by atoms with Gasteiger partial charge in [0.05, 0.1) is 22.3 Å². The number of hydrogen-bond donors (Lipinski definition) is 1. The first-order valence-corrected chi connectivity index (χ1v) is 7.91. The molecular weight excluding hydrogens is 358 g/mol. The zero-order valence-corrected chi connectivity index (χ0v) is 14.0. The summed E-state index contributed by atoms with van der Waals surface area (Å²) in [6, 6.07) is 4.38. The lowest BCUT2D eigenvalue weighted by Crippen LogP contribution is -2.12. The van der Waals surface area contributed by atoms with Crippen LogP contribution in [0.4, 0.5) is 17.6 Å². The van der Waals surface area contributed by atoms with E-state index in [0.717, 1.165) is 22.3 Å². The molecule has 0 saturated heterocycles. The van der Waals surface area contributed by atoms with Crippen molar-refractivity contribution < 1.29 is 17.6 Å². The fourth-order valence-electron chi connectivity index (χ4n) is 2.46. The highest BCUT2D eigenvalue weighted by atomic mass is 32.1. The third kappa shape index (κ3) is 3.27. The van der Waals surface area contributed by atoms with Crippen molar-refractivity contribution in [3.8, 4) is 11.3 Å². The van der Waals surface area contributed by atoms with Crippen molar-refractivity contribution in [1.82, 2.24) is 19.4 Å². The molecule has 0 aliphatic carbocycles. The van der Waals surface area contributed by atoms with Gasteiger partial charge in [-0.15, -0.1) is 5.10 Å². The summed E-state index contributed by atoms with van der Waals surface area (Å²) in [5.74, 6) is -0.681. The first-order chi connectivity index (χ1) is 11.7. The Kier molecular flexibility index (Phi) is 4.33. The van der Waals surface area contributed by atoms with Gasteiger partial charge in [0.15, 0.2) is 5.69 Å². The van der Waals surface area contributed by atoms with Gasteiger partial charge in [0, 0.05) is 12.6 Å². The van der Waals surface area contributed by atoms with Gasteiger partial charge < -0.3 is 5.73 Å². The van der Waals surface area contributed by atoms with Crippen molar-refractivity contribution in [3.63, 3.8) is 0 Å². The van der Waals surface area contributed by atoms with Gasteiger partial charge in [0.25, 0.3) is 0 Å². The molecular formula is C15H13F4N5S. The molecule has 1 aromatic carbocycles. The largest absolute Gasteiger partial charge is 0.435 e. The monoisotopic (exact) mass is 371 g/mol. The number of rotatable bonds is 3. The van der Waals surface area contributed by atoms with Gasteiger partial charge in [-0.1, -0.05) is 10.6 Å². The van der Waals surface area contributed by atoms with E-state index >= 15 is 0 Å². The average molecular weight is 371 g/mol. The second-order valence-electron chi connectivity index (χ2n) is 5.48. The Morgan fingerprint density at radius 1 is 1.24 bits per heavy atom. The molecule has 132 valence electrons. The molecule has 0 saturated carbocycles. The summed E-state index contributed by atoms with van der Waals surface area (Å²) in [4.78, 5) is 0.701. The summed E-state index contributed by atoms with van der Waals surface area (Å²) in [6.07, 6.45) is -4.59. The lowest BCUT2D eigenvalue weighted by molar-refractivity contribution is -0.141. The summed E-state index contributed by atoms with van der Waals surface area (Å²) in [5, 5.41) is 7.26. The molecule has 0 spiro atoms. The third-order valence-electron chi connectivity index (χ3n) is 3.77. The minimum Gasteiger partial charge on any atom is -0.319 e. The summed E-state index contributed by atoms with van der Waals surface area (Å²) in [6.45, 7) is 1.75. The molecule has 10 heteroatoms. The SMILES string of the molecule is Cc1nnsc1C(N)c1ccc(-c2cc(C(F)(F)F)nn2C)c(F)c1. The molecule has 25 heavy (non-hydrogen) atoms. The van der Waals surface area contributed by atoms with Crippen LogP contribution < -0.4 is 5.73 Å². The fourth-order valence-corrected chi connectivity index (χ4v) is 3.14. The number of alkyl halides is 3. The summed E-state index contributed by atoms with van der Waals surface area (Å²) in [5.41, 5.74) is 6.21. The molecule has 0 radical (unpaired) electrons. The minimum absolute atomic E-state index is 0.0144.